The molecule has 3 rings (SSSR count). The van der Waals surface area contributed by atoms with Crippen LogP contribution in [0.15, 0.2) is 54.7 Å². The third-order valence-electron chi connectivity index (χ3n) is 4.37. The molecule has 2 aromatic rings. The number of nitrogens with zero attached hydrogens (tertiary/aromatic N) is 2. The van der Waals surface area contributed by atoms with Crippen molar-refractivity contribution in [1.29, 1.82) is 0 Å². The van der Waals surface area contributed by atoms with E-state index < -0.39 is 34.4 Å². The quantitative estimate of drug-likeness (QED) is 0.696. The van der Waals surface area contributed by atoms with Gasteiger partial charge in [-0.1, -0.05) is 36.4 Å². The Bertz CT molecular complexity index is 900. The number of esters is 1. The largest absolute Gasteiger partial charge is 0.451 e. The van der Waals surface area contributed by atoms with Gasteiger partial charge in [0, 0.05) is 18.8 Å². The molecule has 0 N–H and O–H groups in total. The Balaban J connectivity index is 1.69. The zero-order valence-electron chi connectivity index (χ0n) is 14.7. The van der Waals surface area contributed by atoms with E-state index in [9.17, 15) is 18.0 Å². The van der Waals surface area contributed by atoms with Crippen molar-refractivity contribution in [2.45, 2.75) is 19.0 Å². The summed E-state index contributed by atoms with van der Waals surface area (Å²) in [6, 6.07) is 13.7. The molecule has 1 aliphatic rings. The molecule has 0 saturated carbocycles. The van der Waals surface area contributed by atoms with Gasteiger partial charge in [-0.15, -0.1) is 0 Å². The van der Waals surface area contributed by atoms with Crippen LogP contribution in [0.2, 0.25) is 0 Å². The van der Waals surface area contributed by atoms with E-state index in [0.29, 0.717) is 6.42 Å². The Morgan fingerprint density at radius 2 is 1.85 bits per heavy atom. The monoisotopic (exact) mass is 388 g/mol. The van der Waals surface area contributed by atoms with Gasteiger partial charge in [0.1, 0.15) is 5.69 Å². The molecule has 2 heterocycles. The van der Waals surface area contributed by atoms with Crippen molar-refractivity contribution in [3.63, 3.8) is 0 Å². The lowest BCUT2D eigenvalue weighted by molar-refractivity contribution is -0.137. The topological polar surface area (TPSA) is 93.6 Å². The van der Waals surface area contributed by atoms with E-state index in [2.05, 4.69) is 4.98 Å². The number of hydrogen-bond donors (Lipinski definition) is 0. The number of hydrogen-bond acceptors (Lipinski definition) is 6. The van der Waals surface area contributed by atoms with E-state index in [-0.39, 0.29) is 23.7 Å². The first-order chi connectivity index (χ1) is 12.9. The minimum Gasteiger partial charge on any atom is -0.451 e. The lowest BCUT2D eigenvalue weighted by atomic mass is 10.1. The molecule has 0 unspecified atom stereocenters. The number of amides is 1. The number of sulfone groups is 1. The van der Waals surface area contributed by atoms with Gasteiger partial charge < -0.3 is 9.64 Å². The summed E-state index contributed by atoms with van der Waals surface area (Å²) >= 11 is 0. The normalized spacial score (nSPS) is 18.0. The van der Waals surface area contributed by atoms with Gasteiger partial charge in [-0.3, -0.25) is 4.79 Å². The SMILES string of the molecule is O=C(OCC(=O)N(Cc1ccccc1)[C@H]1CCS(=O)(=O)C1)c1ccccn1. The molecule has 27 heavy (non-hydrogen) atoms. The number of carbonyl (C=O) groups is 2. The van der Waals surface area contributed by atoms with Gasteiger partial charge >= 0.3 is 5.97 Å². The van der Waals surface area contributed by atoms with Gasteiger partial charge in [-0.25, -0.2) is 18.2 Å². The smallest absolute Gasteiger partial charge is 0.357 e. The fourth-order valence-corrected chi connectivity index (χ4v) is 4.72. The van der Waals surface area contributed by atoms with E-state index in [1.165, 1.54) is 17.2 Å². The van der Waals surface area contributed by atoms with Crippen molar-refractivity contribution in [2.24, 2.45) is 0 Å². The van der Waals surface area contributed by atoms with Crippen molar-refractivity contribution in [1.82, 2.24) is 9.88 Å². The predicted molar refractivity (Wildman–Crippen MR) is 98.6 cm³/mol. The second-order valence-corrected chi connectivity index (χ2v) is 8.58. The Labute approximate surface area is 157 Å². The first kappa shape index (κ1) is 19.0. The van der Waals surface area contributed by atoms with Gasteiger partial charge in [0.05, 0.1) is 11.5 Å². The highest BCUT2D eigenvalue weighted by molar-refractivity contribution is 7.91. The fraction of sp³-hybridized carbons (Fsp3) is 0.316. The third kappa shape index (κ3) is 5.13. The first-order valence-corrected chi connectivity index (χ1v) is 10.4. The summed E-state index contributed by atoms with van der Waals surface area (Å²) in [5, 5.41) is 0. The lowest BCUT2D eigenvalue weighted by Crippen LogP contribution is -2.42. The van der Waals surface area contributed by atoms with E-state index in [1.807, 2.05) is 30.3 Å². The standard InChI is InChI=1S/C19H20N2O5S/c22-18(13-26-19(23)17-8-4-5-10-20-17)21(12-15-6-2-1-3-7-15)16-9-11-27(24,25)14-16/h1-8,10,16H,9,11-14H2/t16-/m0/s1. The zero-order chi connectivity index (χ0) is 19.3. The molecule has 1 aromatic heterocycles. The molecule has 1 aromatic carbocycles. The summed E-state index contributed by atoms with van der Waals surface area (Å²) in [6.07, 6.45) is 1.85. The Morgan fingerprint density at radius 1 is 1.11 bits per heavy atom. The van der Waals surface area contributed by atoms with E-state index in [1.54, 1.807) is 12.1 Å². The molecule has 0 bridgehead atoms. The summed E-state index contributed by atoms with van der Waals surface area (Å²) < 4.78 is 28.8. The molecule has 0 radical (unpaired) electrons. The van der Waals surface area contributed by atoms with Gasteiger partial charge in [-0.05, 0) is 24.1 Å². The Kier molecular flexibility index (Phi) is 5.85. The van der Waals surface area contributed by atoms with Crippen LogP contribution in [0.3, 0.4) is 0 Å². The fourth-order valence-electron chi connectivity index (χ4n) is 2.99. The van der Waals surface area contributed by atoms with Gasteiger partial charge in [-0.2, -0.15) is 0 Å². The number of aromatic nitrogens is 1. The van der Waals surface area contributed by atoms with Crippen LogP contribution in [0.1, 0.15) is 22.5 Å². The van der Waals surface area contributed by atoms with Crippen LogP contribution in [-0.4, -0.2) is 54.3 Å². The van der Waals surface area contributed by atoms with E-state index in [4.69, 9.17) is 4.74 Å². The highest BCUT2D eigenvalue weighted by Crippen LogP contribution is 2.20. The van der Waals surface area contributed by atoms with Crippen LogP contribution in [0.5, 0.6) is 0 Å². The van der Waals surface area contributed by atoms with Crippen molar-refractivity contribution in [3.8, 4) is 0 Å². The highest BCUT2D eigenvalue weighted by atomic mass is 32.2. The van der Waals surface area contributed by atoms with E-state index >= 15 is 0 Å². The van der Waals surface area contributed by atoms with Crippen molar-refractivity contribution >= 4 is 21.7 Å². The van der Waals surface area contributed by atoms with Crippen LogP contribution < -0.4 is 0 Å². The van der Waals surface area contributed by atoms with Gasteiger partial charge in [0.15, 0.2) is 16.4 Å². The summed E-state index contributed by atoms with van der Waals surface area (Å²) in [5.74, 6) is -1.13. The minimum absolute atomic E-state index is 0.0595. The first-order valence-electron chi connectivity index (χ1n) is 8.56. The van der Waals surface area contributed by atoms with Crippen molar-refractivity contribution in [2.75, 3.05) is 18.1 Å². The lowest BCUT2D eigenvalue weighted by Gasteiger charge is -2.28. The molecule has 1 aliphatic heterocycles. The van der Waals surface area contributed by atoms with Gasteiger partial charge in [0.2, 0.25) is 0 Å². The van der Waals surface area contributed by atoms with Crippen LogP contribution >= 0.6 is 0 Å². The zero-order valence-corrected chi connectivity index (χ0v) is 15.5. The number of ether oxygens (including phenoxy) is 1. The average Bonchev–Trinajstić information content (AvgIpc) is 3.05. The minimum atomic E-state index is -3.15. The molecule has 7 nitrogen and oxygen atoms in total. The Morgan fingerprint density at radius 3 is 2.48 bits per heavy atom. The van der Waals surface area contributed by atoms with Crippen LogP contribution in [0.4, 0.5) is 0 Å². The number of benzene rings is 1. The second kappa shape index (κ2) is 8.30. The molecule has 0 aliphatic carbocycles. The number of rotatable bonds is 6. The maximum Gasteiger partial charge on any atom is 0.357 e. The van der Waals surface area contributed by atoms with Crippen molar-refractivity contribution < 1.29 is 22.7 Å². The molecule has 1 saturated heterocycles. The molecule has 142 valence electrons. The third-order valence-corrected chi connectivity index (χ3v) is 6.12. The summed E-state index contributed by atoms with van der Waals surface area (Å²) in [6.45, 7) is -0.195. The summed E-state index contributed by atoms with van der Waals surface area (Å²) in [4.78, 5) is 30.1. The summed E-state index contributed by atoms with van der Waals surface area (Å²) in [7, 11) is -3.15. The van der Waals surface area contributed by atoms with Crippen LogP contribution in [0, 0.1) is 0 Å². The molecular weight excluding hydrogens is 368 g/mol. The van der Waals surface area contributed by atoms with Crippen LogP contribution in [0.25, 0.3) is 0 Å². The molecule has 8 heteroatoms. The average molecular weight is 388 g/mol. The van der Waals surface area contributed by atoms with E-state index in [0.717, 1.165) is 5.56 Å². The molecule has 1 fully saturated rings. The number of pyridine rings is 1. The maximum absolute atomic E-state index is 12.7. The highest BCUT2D eigenvalue weighted by Gasteiger charge is 2.35. The number of carbonyl (C=O) groups excluding carboxylic acids is 2. The second-order valence-electron chi connectivity index (χ2n) is 6.36. The Hall–Kier alpha value is -2.74. The predicted octanol–water partition coefficient (Wildman–Crippen LogP) is 1.45. The van der Waals surface area contributed by atoms with Crippen LogP contribution in [-0.2, 0) is 25.9 Å². The maximum atomic E-state index is 12.7. The van der Waals surface area contributed by atoms with Crippen molar-refractivity contribution in [3.05, 3.63) is 66.0 Å². The molecule has 1 atom stereocenters. The molecule has 1 amide bonds. The van der Waals surface area contributed by atoms with Gasteiger partial charge in [0.25, 0.3) is 5.91 Å². The molecular formula is C19H20N2O5S. The molecule has 0 spiro atoms. The summed E-state index contributed by atoms with van der Waals surface area (Å²) in [5.41, 5.74) is 0.995.